The van der Waals surface area contributed by atoms with Gasteiger partial charge in [0.15, 0.2) is 6.10 Å². The number of phosphoric ester groups is 1. The normalized spacial score (nSPS) is 14.0. The van der Waals surface area contributed by atoms with Crippen LogP contribution in [0.5, 0.6) is 0 Å². The number of unbranched alkanes of at least 4 members (excludes halogenated alkanes) is 22. The molecule has 0 amide bonds. The maximum Gasteiger partial charge on any atom is 0.472 e. The van der Waals surface area contributed by atoms with Gasteiger partial charge >= 0.3 is 25.7 Å². The highest BCUT2D eigenvalue weighted by molar-refractivity contribution is 7.47. The van der Waals surface area contributed by atoms with Crippen molar-refractivity contribution in [3.8, 4) is 0 Å². The van der Waals surface area contributed by atoms with E-state index in [4.69, 9.17) is 24.8 Å². The van der Waals surface area contributed by atoms with Crippen LogP contribution in [0.2, 0.25) is 0 Å². The molecule has 0 saturated heterocycles. The van der Waals surface area contributed by atoms with E-state index in [2.05, 4.69) is 42.7 Å². The van der Waals surface area contributed by atoms with Crippen molar-refractivity contribution in [1.29, 1.82) is 0 Å². The van der Waals surface area contributed by atoms with Crippen LogP contribution in [0.25, 0.3) is 0 Å². The number of hydrogen-bond acceptors (Lipinski definition) is 9. The van der Waals surface area contributed by atoms with Gasteiger partial charge in [0.05, 0.1) is 13.2 Å². The van der Waals surface area contributed by atoms with Crippen LogP contribution < -0.4 is 5.73 Å². The van der Waals surface area contributed by atoms with E-state index in [-0.39, 0.29) is 19.4 Å². The van der Waals surface area contributed by atoms with Crippen LogP contribution in [0.4, 0.5) is 0 Å². The summed E-state index contributed by atoms with van der Waals surface area (Å²) in [5, 5.41) is 8.88. The molecule has 12 heteroatoms. The lowest BCUT2D eigenvalue weighted by molar-refractivity contribution is -0.161. The third-order valence-corrected chi connectivity index (χ3v) is 10.2. The largest absolute Gasteiger partial charge is 0.480 e. The monoisotopic (exact) mass is 788 g/mol. The van der Waals surface area contributed by atoms with Gasteiger partial charge in [0.1, 0.15) is 12.6 Å². The van der Waals surface area contributed by atoms with E-state index < -0.39 is 51.1 Å². The van der Waals surface area contributed by atoms with E-state index >= 15 is 0 Å². The lowest BCUT2D eigenvalue weighted by atomic mass is 10.0. The summed E-state index contributed by atoms with van der Waals surface area (Å²) in [6, 6.07) is -1.52. The van der Waals surface area contributed by atoms with Crippen molar-refractivity contribution in [2.45, 2.75) is 206 Å². The summed E-state index contributed by atoms with van der Waals surface area (Å²) in [7, 11) is -4.71. The second kappa shape index (κ2) is 37.9. The Labute approximate surface area is 328 Å². The molecule has 0 rings (SSSR count). The summed E-state index contributed by atoms with van der Waals surface area (Å²) in [6.07, 6.45) is 38.1. The summed E-state index contributed by atoms with van der Waals surface area (Å²) >= 11 is 0. The van der Waals surface area contributed by atoms with E-state index in [0.29, 0.717) is 12.8 Å². The number of phosphoric acid groups is 1. The Morgan fingerprint density at radius 2 is 0.981 bits per heavy atom. The van der Waals surface area contributed by atoms with E-state index in [1.807, 2.05) is 0 Å². The van der Waals surface area contributed by atoms with Crippen molar-refractivity contribution in [2.24, 2.45) is 5.73 Å². The third kappa shape index (κ3) is 36.9. The predicted octanol–water partition coefficient (Wildman–Crippen LogP) is 11.1. The highest BCUT2D eigenvalue weighted by Crippen LogP contribution is 2.43. The molecule has 0 aliphatic carbocycles. The van der Waals surface area contributed by atoms with Gasteiger partial charge in [0.25, 0.3) is 0 Å². The van der Waals surface area contributed by atoms with E-state index in [1.165, 1.54) is 96.3 Å². The fourth-order valence-corrected chi connectivity index (χ4v) is 6.58. The average molecular weight is 788 g/mol. The summed E-state index contributed by atoms with van der Waals surface area (Å²) < 4.78 is 32.7. The van der Waals surface area contributed by atoms with Crippen molar-refractivity contribution in [1.82, 2.24) is 0 Å². The van der Waals surface area contributed by atoms with Gasteiger partial charge in [0, 0.05) is 12.8 Å². The van der Waals surface area contributed by atoms with Crippen molar-refractivity contribution < 1.29 is 47.5 Å². The molecule has 0 heterocycles. The summed E-state index contributed by atoms with van der Waals surface area (Å²) in [5.41, 5.74) is 5.33. The Balaban J connectivity index is 4.37. The van der Waals surface area contributed by atoms with Gasteiger partial charge in [-0.05, 0) is 44.9 Å². The number of hydrogen-bond donors (Lipinski definition) is 3. The molecule has 3 atom stereocenters. The van der Waals surface area contributed by atoms with Crippen LogP contribution in [0.15, 0.2) is 24.3 Å². The summed E-state index contributed by atoms with van der Waals surface area (Å²) in [5.74, 6) is -2.38. The zero-order chi connectivity index (χ0) is 40.0. The number of rotatable bonds is 40. The molecule has 3 unspecified atom stereocenters. The zero-order valence-electron chi connectivity index (χ0n) is 34.1. The molecule has 0 aromatic rings. The second-order valence-electron chi connectivity index (χ2n) is 14.5. The molecule has 0 bridgehead atoms. The Kier molecular flexibility index (Phi) is 36.4. The molecule has 0 aromatic carbocycles. The molecule has 316 valence electrons. The number of nitrogens with two attached hydrogens (primary N) is 1. The van der Waals surface area contributed by atoms with Crippen molar-refractivity contribution in [2.75, 3.05) is 19.8 Å². The van der Waals surface area contributed by atoms with Crippen molar-refractivity contribution in [3.05, 3.63) is 24.3 Å². The second-order valence-corrected chi connectivity index (χ2v) is 15.9. The van der Waals surface area contributed by atoms with Gasteiger partial charge in [0.2, 0.25) is 0 Å². The molecule has 0 aliphatic rings. The minimum Gasteiger partial charge on any atom is -0.480 e. The Morgan fingerprint density at radius 3 is 1.48 bits per heavy atom. The van der Waals surface area contributed by atoms with E-state index in [0.717, 1.165) is 57.8 Å². The zero-order valence-corrected chi connectivity index (χ0v) is 35.0. The maximum absolute atomic E-state index is 12.6. The first-order valence-corrected chi connectivity index (χ1v) is 22.9. The molecule has 0 spiro atoms. The van der Waals surface area contributed by atoms with Crippen molar-refractivity contribution >= 4 is 25.7 Å². The molecule has 4 N–H and O–H groups in total. The summed E-state index contributed by atoms with van der Waals surface area (Å²) in [4.78, 5) is 45.9. The number of esters is 2. The van der Waals surface area contributed by atoms with Crippen molar-refractivity contribution in [3.63, 3.8) is 0 Å². The number of carboxylic acids is 1. The van der Waals surface area contributed by atoms with Crippen LogP contribution in [-0.2, 0) is 37.5 Å². The quantitative estimate of drug-likeness (QED) is 0.0233. The van der Waals surface area contributed by atoms with E-state index in [1.54, 1.807) is 0 Å². The first kappa shape index (κ1) is 52.0. The minimum atomic E-state index is -4.71. The molecular weight excluding hydrogens is 709 g/mol. The lowest BCUT2D eigenvalue weighted by Gasteiger charge is -2.20. The van der Waals surface area contributed by atoms with E-state index in [9.17, 15) is 23.8 Å². The lowest BCUT2D eigenvalue weighted by Crippen LogP contribution is -2.34. The Hall–Kier alpha value is -2.04. The highest BCUT2D eigenvalue weighted by Gasteiger charge is 2.28. The maximum atomic E-state index is 12.6. The molecule has 0 saturated carbocycles. The average Bonchev–Trinajstić information content (AvgIpc) is 3.14. The fourth-order valence-electron chi connectivity index (χ4n) is 5.80. The van der Waals surface area contributed by atoms with Gasteiger partial charge < -0.3 is 25.2 Å². The Bertz CT molecular complexity index is 1020. The molecule has 54 heavy (non-hydrogen) atoms. The van der Waals surface area contributed by atoms with Crippen LogP contribution in [0, 0.1) is 0 Å². The number of aliphatic carboxylic acids is 1. The predicted molar refractivity (Wildman–Crippen MR) is 217 cm³/mol. The van der Waals surface area contributed by atoms with Crippen LogP contribution in [-0.4, -0.2) is 59.9 Å². The molecular formula is C42H78NO10P. The molecule has 11 nitrogen and oxygen atoms in total. The smallest absolute Gasteiger partial charge is 0.472 e. The third-order valence-electron chi connectivity index (χ3n) is 9.20. The molecule has 0 aromatic heterocycles. The van der Waals surface area contributed by atoms with Crippen LogP contribution in [0.1, 0.15) is 194 Å². The molecule has 0 aliphatic heterocycles. The first-order chi connectivity index (χ1) is 26.1. The number of carbonyl (C=O) groups excluding carboxylic acids is 2. The number of carbonyl (C=O) groups is 3. The highest BCUT2D eigenvalue weighted by atomic mass is 31.2. The van der Waals surface area contributed by atoms with Gasteiger partial charge in [-0.1, -0.05) is 160 Å². The number of ether oxygens (including phenoxy) is 2. The SMILES string of the molecule is CCCCC/C=C\C/C=C\CCCCCCCCCC(=O)OC(COC(=O)CCCCCCCCCCCCCCC)COP(=O)(O)OCC(N)C(=O)O. The first-order valence-electron chi connectivity index (χ1n) is 21.4. The van der Waals surface area contributed by atoms with Crippen LogP contribution >= 0.6 is 7.82 Å². The number of allylic oxidation sites excluding steroid dienone is 4. The Morgan fingerprint density at radius 1 is 0.574 bits per heavy atom. The van der Waals surface area contributed by atoms with Gasteiger partial charge in [-0.15, -0.1) is 0 Å². The molecule has 0 fully saturated rings. The summed E-state index contributed by atoms with van der Waals surface area (Å²) in [6.45, 7) is 2.77. The topological polar surface area (TPSA) is 172 Å². The number of carboxylic acid groups (broad SMARTS) is 1. The minimum absolute atomic E-state index is 0.155. The van der Waals surface area contributed by atoms with Gasteiger partial charge in [-0.25, -0.2) is 4.57 Å². The standard InChI is InChI=1S/C42H78NO10P/c1-3-5-7-9-11-13-15-17-18-19-20-22-24-26-28-30-32-34-41(45)53-38(36-51-54(48,49)52-37-39(43)42(46)47)35-50-40(44)33-31-29-27-25-23-21-16-14-12-10-8-6-4-2/h11,13,17-18,38-39H,3-10,12,14-16,19-37,43H2,1-2H3,(H,46,47)(H,48,49)/b13-11-,18-17-. The fraction of sp³-hybridized carbons (Fsp3) is 0.833. The van der Waals surface area contributed by atoms with Crippen LogP contribution in [0.3, 0.4) is 0 Å². The molecule has 0 radical (unpaired) electrons. The van der Waals surface area contributed by atoms with Gasteiger partial charge in [-0.2, -0.15) is 0 Å². The van der Waals surface area contributed by atoms with Gasteiger partial charge in [-0.3, -0.25) is 23.4 Å².